The Hall–Kier alpha value is -2.33. The average Bonchev–Trinajstić information content (AvgIpc) is 2.55. The topological polar surface area (TPSA) is 41.6 Å². The lowest BCUT2D eigenvalue weighted by molar-refractivity contribution is 0.0929. The minimum atomic E-state index is -0.0981. The molecule has 0 saturated carbocycles. The third-order valence-corrected chi connectivity index (χ3v) is 3.73. The van der Waals surface area contributed by atoms with Gasteiger partial charge in [0.25, 0.3) is 5.91 Å². The highest BCUT2D eigenvalue weighted by Gasteiger charge is 2.17. The van der Waals surface area contributed by atoms with Crippen molar-refractivity contribution in [2.45, 2.75) is 13.0 Å². The van der Waals surface area contributed by atoms with Crippen LogP contribution in [0.4, 0.5) is 0 Å². The minimum Gasteiger partial charge on any atom is -0.496 e. The zero-order chi connectivity index (χ0) is 16.8. The van der Waals surface area contributed by atoms with Crippen LogP contribution in [0.2, 0.25) is 0 Å². The highest BCUT2D eigenvalue weighted by atomic mass is 16.5. The Morgan fingerprint density at radius 3 is 2.48 bits per heavy atom. The lowest BCUT2D eigenvalue weighted by atomic mass is 10.1. The number of rotatable bonds is 6. The van der Waals surface area contributed by atoms with E-state index in [1.807, 2.05) is 63.5 Å². The number of nitrogens with zero attached hydrogens (tertiary/aromatic N) is 1. The number of hydrogen-bond acceptors (Lipinski definition) is 3. The van der Waals surface area contributed by atoms with Crippen molar-refractivity contribution in [3.05, 3.63) is 65.2 Å². The number of amides is 1. The Morgan fingerprint density at radius 2 is 1.87 bits per heavy atom. The molecule has 0 aromatic heterocycles. The van der Waals surface area contributed by atoms with Gasteiger partial charge in [-0.3, -0.25) is 4.79 Å². The molecule has 4 nitrogen and oxygen atoms in total. The molecule has 23 heavy (non-hydrogen) atoms. The quantitative estimate of drug-likeness (QED) is 0.891. The van der Waals surface area contributed by atoms with Gasteiger partial charge in [-0.25, -0.2) is 0 Å². The van der Waals surface area contributed by atoms with Gasteiger partial charge in [-0.15, -0.1) is 0 Å². The Balaban J connectivity index is 2.20. The SMILES string of the molecule is COc1cc(C(=O)N[C@@H](CN(C)C)c2ccccc2)ccc1C. The van der Waals surface area contributed by atoms with E-state index in [1.165, 1.54) is 0 Å². The Kier molecular flexibility index (Phi) is 5.77. The van der Waals surface area contributed by atoms with Gasteiger partial charge in [0.15, 0.2) is 0 Å². The van der Waals surface area contributed by atoms with Crippen molar-refractivity contribution < 1.29 is 9.53 Å². The first-order valence-electron chi connectivity index (χ1n) is 7.66. The molecule has 0 spiro atoms. The van der Waals surface area contributed by atoms with Crippen LogP contribution in [0.5, 0.6) is 5.75 Å². The molecule has 0 saturated heterocycles. The van der Waals surface area contributed by atoms with Crippen molar-refractivity contribution in [1.82, 2.24) is 10.2 Å². The first kappa shape index (κ1) is 17.0. The van der Waals surface area contributed by atoms with Gasteiger partial charge >= 0.3 is 0 Å². The molecule has 0 aliphatic carbocycles. The van der Waals surface area contributed by atoms with E-state index in [9.17, 15) is 4.79 Å². The summed E-state index contributed by atoms with van der Waals surface area (Å²) >= 11 is 0. The molecule has 0 aliphatic rings. The lowest BCUT2D eigenvalue weighted by Crippen LogP contribution is -2.35. The summed E-state index contributed by atoms with van der Waals surface area (Å²) in [6.45, 7) is 2.69. The summed E-state index contributed by atoms with van der Waals surface area (Å²) in [4.78, 5) is 14.7. The van der Waals surface area contributed by atoms with Gasteiger partial charge in [0.1, 0.15) is 5.75 Å². The van der Waals surface area contributed by atoms with E-state index in [1.54, 1.807) is 13.2 Å². The molecule has 4 heteroatoms. The van der Waals surface area contributed by atoms with Gasteiger partial charge in [0.2, 0.25) is 0 Å². The maximum Gasteiger partial charge on any atom is 0.251 e. The van der Waals surface area contributed by atoms with Gasteiger partial charge in [-0.05, 0) is 44.3 Å². The second kappa shape index (κ2) is 7.79. The molecule has 1 N–H and O–H groups in total. The Bertz CT molecular complexity index is 654. The average molecular weight is 312 g/mol. The van der Waals surface area contributed by atoms with Crippen LogP contribution in [-0.4, -0.2) is 38.6 Å². The van der Waals surface area contributed by atoms with E-state index in [4.69, 9.17) is 4.74 Å². The molecule has 122 valence electrons. The molecule has 2 rings (SSSR count). The number of hydrogen-bond donors (Lipinski definition) is 1. The minimum absolute atomic E-state index is 0.0639. The van der Waals surface area contributed by atoms with E-state index >= 15 is 0 Å². The normalized spacial score (nSPS) is 12.0. The molecular formula is C19H24N2O2. The number of aryl methyl sites for hydroxylation is 1. The fourth-order valence-electron chi connectivity index (χ4n) is 2.49. The first-order valence-corrected chi connectivity index (χ1v) is 7.66. The number of carbonyl (C=O) groups is 1. The smallest absolute Gasteiger partial charge is 0.251 e. The number of methoxy groups -OCH3 is 1. The monoisotopic (exact) mass is 312 g/mol. The predicted octanol–water partition coefficient (Wildman–Crippen LogP) is 3.04. The molecule has 0 unspecified atom stereocenters. The van der Waals surface area contributed by atoms with Crippen molar-refractivity contribution in [3.8, 4) is 5.75 Å². The van der Waals surface area contributed by atoms with Gasteiger partial charge in [-0.1, -0.05) is 36.4 Å². The van der Waals surface area contributed by atoms with Crippen LogP contribution in [0.15, 0.2) is 48.5 Å². The van der Waals surface area contributed by atoms with E-state index < -0.39 is 0 Å². The molecule has 2 aromatic rings. The van der Waals surface area contributed by atoms with Crippen molar-refractivity contribution in [3.63, 3.8) is 0 Å². The molecule has 0 heterocycles. The zero-order valence-electron chi connectivity index (χ0n) is 14.2. The summed E-state index contributed by atoms with van der Waals surface area (Å²) in [6.07, 6.45) is 0. The second-order valence-corrected chi connectivity index (χ2v) is 5.88. The van der Waals surface area contributed by atoms with E-state index in [2.05, 4.69) is 10.2 Å². The van der Waals surface area contributed by atoms with Crippen molar-refractivity contribution in [2.75, 3.05) is 27.7 Å². The van der Waals surface area contributed by atoms with Crippen LogP contribution >= 0.6 is 0 Å². The Morgan fingerprint density at radius 1 is 1.17 bits per heavy atom. The molecule has 1 amide bonds. The van der Waals surface area contributed by atoms with Crippen molar-refractivity contribution in [1.29, 1.82) is 0 Å². The fourth-order valence-corrected chi connectivity index (χ4v) is 2.49. The lowest BCUT2D eigenvalue weighted by Gasteiger charge is -2.23. The second-order valence-electron chi connectivity index (χ2n) is 5.88. The summed E-state index contributed by atoms with van der Waals surface area (Å²) < 4.78 is 5.30. The maximum absolute atomic E-state index is 12.6. The summed E-state index contributed by atoms with van der Waals surface area (Å²) in [7, 11) is 5.61. The van der Waals surface area contributed by atoms with Crippen LogP contribution in [-0.2, 0) is 0 Å². The van der Waals surface area contributed by atoms with Gasteiger partial charge in [0, 0.05) is 12.1 Å². The summed E-state index contributed by atoms with van der Waals surface area (Å²) in [5.41, 5.74) is 2.71. The molecule has 0 fully saturated rings. The highest BCUT2D eigenvalue weighted by Crippen LogP contribution is 2.20. The van der Waals surface area contributed by atoms with Gasteiger partial charge in [0.05, 0.1) is 13.2 Å². The summed E-state index contributed by atoms with van der Waals surface area (Å²) in [5, 5.41) is 3.12. The molecule has 1 atom stereocenters. The van der Waals surface area contributed by atoms with Crippen LogP contribution in [0.3, 0.4) is 0 Å². The van der Waals surface area contributed by atoms with Crippen LogP contribution in [0.25, 0.3) is 0 Å². The van der Waals surface area contributed by atoms with E-state index in [0.29, 0.717) is 5.56 Å². The highest BCUT2D eigenvalue weighted by molar-refractivity contribution is 5.95. The summed E-state index contributed by atoms with van der Waals surface area (Å²) in [6, 6.07) is 15.4. The predicted molar refractivity (Wildman–Crippen MR) is 92.9 cm³/mol. The van der Waals surface area contributed by atoms with Crippen LogP contribution in [0.1, 0.15) is 27.5 Å². The Labute approximate surface area is 138 Å². The number of carbonyl (C=O) groups excluding carboxylic acids is 1. The van der Waals surface area contributed by atoms with Crippen molar-refractivity contribution >= 4 is 5.91 Å². The number of likely N-dealkylation sites (N-methyl/N-ethyl adjacent to an activating group) is 1. The zero-order valence-corrected chi connectivity index (χ0v) is 14.2. The van der Waals surface area contributed by atoms with Gasteiger partial charge < -0.3 is 15.0 Å². The van der Waals surface area contributed by atoms with Gasteiger partial charge in [-0.2, -0.15) is 0 Å². The fraction of sp³-hybridized carbons (Fsp3) is 0.316. The molecular weight excluding hydrogens is 288 g/mol. The molecule has 0 radical (unpaired) electrons. The van der Waals surface area contributed by atoms with E-state index in [-0.39, 0.29) is 11.9 Å². The molecule has 0 bridgehead atoms. The number of benzene rings is 2. The molecule has 2 aromatic carbocycles. The largest absolute Gasteiger partial charge is 0.496 e. The molecule has 0 aliphatic heterocycles. The third kappa shape index (κ3) is 4.57. The van der Waals surface area contributed by atoms with Crippen LogP contribution < -0.4 is 10.1 Å². The standard InChI is InChI=1S/C19H24N2O2/c1-14-10-11-16(12-18(14)23-4)19(22)20-17(13-21(2)3)15-8-6-5-7-9-15/h5-12,17H,13H2,1-4H3,(H,20,22)/t17-/m0/s1. The first-order chi connectivity index (χ1) is 11.0. The third-order valence-electron chi connectivity index (χ3n) is 3.73. The van der Waals surface area contributed by atoms with E-state index in [0.717, 1.165) is 23.4 Å². The summed E-state index contributed by atoms with van der Waals surface area (Å²) in [5.74, 6) is 0.625. The number of nitrogens with one attached hydrogen (secondary N) is 1. The maximum atomic E-state index is 12.6. The van der Waals surface area contributed by atoms with Crippen LogP contribution in [0, 0.1) is 6.92 Å². The number of ether oxygens (including phenoxy) is 1. The van der Waals surface area contributed by atoms with Crippen molar-refractivity contribution in [2.24, 2.45) is 0 Å².